The van der Waals surface area contributed by atoms with Crippen molar-refractivity contribution >= 4 is 5.69 Å². The van der Waals surface area contributed by atoms with Gasteiger partial charge in [-0.3, -0.25) is 0 Å². The van der Waals surface area contributed by atoms with Gasteiger partial charge in [0.05, 0.1) is 6.61 Å². The van der Waals surface area contributed by atoms with Crippen molar-refractivity contribution in [3.8, 4) is 5.75 Å². The molecule has 2 aromatic rings. The van der Waals surface area contributed by atoms with Gasteiger partial charge in [0.15, 0.2) is 0 Å². The van der Waals surface area contributed by atoms with Crippen molar-refractivity contribution < 1.29 is 9.84 Å². The SMILES string of the molecule is Nc1ccc(OCc2ccccc2)cc1CO. The van der Waals surface area contributed by atoms with Crippen molar-refractivity contribution in [2.24, 2.45) is 0 Å². The predicted molar refractivity (Wildman–Crippen MR) is 67.6 cm³/mol. The second-order valence-corrected chi connectivity index (χ2v) is 3.79. The molecule has 3 nitrogen and oxygen atoms in total. The highest BCUT2D eigenvalue weighted by Gasteiger charge is 2.01. The van der Waals surface area contributed by atoms with Gasteiger partial charge in [-0.1, -0.05) is 30.3 Å². The van der Waals surface area contributed by atoms with Crippen LogP contribution in [0.1, 0.15) is 11.1 Å². The van der Waals surface area contributed by atoms with Crippen molar-refractivity contribution in [1.82, 2.24) is 0 Å². The fourth-order valence-electron chi connectivity index (χ4n) is 1.55. The summed E-state index contributed by atoms with van der Waals surface area (Å²) in [4.78, 5) is 0. The number of aliphatic hydroxyl groups excluding tert-OH is 1. The molecule has 0 saturated heterocycles. The molecule has 88 valence electrons. The zero-order chi connectivity index (χ0) is 12.1. The molecule has 0 bridgehead atoms. The van der Waals surface area contributed by atoms with Crippen LogP contribution in [0.15, 0.2) is 48.5 Å². The van der Waals surface area contributed by atoms with E-state index in [9.17, 15) is 0 Å². The summed E-state index contributed by atoms with van der Waals surface area (Å²) in [7, 11) is 0. The number of hydrogen-bond donors (Lipinski definition) is 2. The van der Waals surface area contributed by atoms with Crippen molar-refractivity contribution in [2.75, 3.05) is 5.73 Å². The first-order valence-electron chi connectivity index (χ1n) is 5.45. The van der Waals surface area contributed by atoms with E-state index in [1.165, 1.54) is 0 Å². The van der Waals surface area contributed by atoms with Crippen LogP contribution in [0.5, 0.6) is 5.75 Å². The molecular weight excluding hydrogens is 214 g/mol. The Balaban J connectivity index is 2.04. The summed E-state index contributed by atoms with van der Waals surface area (Å²) in [5.41, 5.74) is 8.07. The minimum absolute atomic E-state index is 0.0750. The first kappa shape index (κ1) is 11.5. The Morgan fingerprint density at radius 1 is 1.06 bits per heavy atom. The third-order valence-electron chi connectivity index (χ3n) is 2.53. The summed E-state index contributed by atoms with van der Waals surface area (Å²) in [6.45, 7) is 0.435. The Morgan fingerprint density at radius 2 is 1.82 bits per heavy atom. The van der Waals surface area contributed by atoms with E-state index in [0.717, 1.165) is 5.56 Å². The number of anilines is 1. The molecule has 0 radical (unpaired) electrons. The van der Waals surface area contributed by atoms with Gasteiger partial charge in [-0.05, 0) is 23.8 Å². The van der Waals surface area contributed by atoms with Crippen LogP contribution in [0.4, 0.5) is 5.69 Å². The van der Waals surface area contributed by atoms with Gasteiger partial charge in [0.1, 0.15) is 12.4 Å². The highest BCUT2D eigenvalue weighted by atomic mass is 16.5. The first-order valence-corrected chi connectivity index (χ1v) is 5.45. The van der Waals surface area contributed by atoms with E-state index in [1.807, 2.05) is 30.3 Å². The minimum atomic E-state index is -0.0750. The van der Waals surface area contributed by atoms with E-state index in [-0.39, 0.29) is 6.61 Å². The number of nitrogen functional groups attached to an aromatic ring is 1. The molecule has 3 N–H and O–H groups in total. The number of benzene rings is 2. The molecular formula is C14H15NO2. The van der Waals surface area contributed by atoms with Gasteiger partial charge in [0.2, 0.25) is 0 Å². The maximum Gasteiger partial charge on any atom is 0.120 e. The monoisotopic (exact) mass is 229 g/mol. The average molecular weight is 229 g/mol. The standard InChI is InChI=1S/C14H15NO2/c15-14-7-6-13(8-12(14)9-16)17-10-11-4-2-1-3-5-11/h1-8,16H,9-10,15H2. The first-order chi connectivity index (χ1) is 8.29. The van der Waals surface area contributed by atoms with E-state index in [1.54, 1.807) is 18.2 Å². The molecule has 2 rings (SSSR count). The van der Waals surface area contributed by atoms with Gasteiger partial charge in [-0.15, -0.1) is 0 Å². The van der Waals surface area contributed by atoms with Crippen molar-refractivity contribution in [1.29, 1.82) is 0 Å². The third kappa shape index (κ3) is 2.98. The quantitative estimate of drug-likeness (QED) is 0.791. The normalized spacial score (nSPS) is 10.2. The lowest BCUT2D eigenvalue weighted by Crippen LogP contribution is -1.98. The predicted octanol–water partition coefficient (Wildman–Crippen LogP) is 2.34. The van der Waals surface area contributed by atoms with Gasteiger partial charge in [0, 0.05) is 11.3 Å². The highest BCUT2D eigenvalue weighted by Crippen LogP contribution is 2.20. The van der Waals surface area contributed by atoms with E-state index in [4.69, 9.17) is 15.6 Å². The zero-order valence-electron chi connectivity index (χ0n) is 9.47. The summed E-state index contributed by atoms with van der Waals surface area (Å²) in [6.07, 6.45) is 0. The van der Waals surface area contributed by atoms with Crippen LogP contribution in [0.3, 0.4) is 0 Å². The molecule has 0 atom stereocenters. The molecule has 0 unspecified atom stereocenters. The molecule has 0 spiro atoms. The molecule has 0 amide bonds. The summed E-state index contributed by atoms with van der Waals surface area (Å²) in [6, 6.07) is 15.2. The van der Waals surface area contributed by atoms with Crippen LogP contribution in [0, 0.1) is 0 Å². The summed E-state index contributed by atoms with van der Waals surface area (Å²) in [5, 5.41) is 9.09. The topological polar surface area (TPSA) is 55.5 Å². The molecule has 0 aliphatic carbocycles. The molecule has 0 saturated carbocycles. The molecule has 0 fully saturated rings. The van der Waals surface area contributed by atoms with Gasteiger partial charge >= 0.3 is 0 Å². The van der Waals surface area contributed by atoms with Gasteiger partial charge in [-0.2, -0.15) is 0 Å². The summed E-state index contributed by atoms with van der Waals surface area (Å²) >= 11 is 0. The molecule has 0 aromatic heterocycles. The molecule has 17 heavy (non-hydrogen) atoms. The molecule has 3 heteroatoms. The minimum Gasteiger partial charge on any atom is -0.489 e. The highest BCUT2D eigenvalue weighted by molar-refractivity contribution is 5.50. The maximum absolute atomic E-state index is 9.09. The van der Waals surface area contributed by atoms with E-state index >= 15 is 0 Å². The third-order valence-corrected chi connectivity index (χ3v) is 2.53. The largest absolute Gasteiger partial charge is 0.489 e. The fraction of sp³-hybridized carbons (Fsp3) is 0.143. The Kier molecular flexibility index (Phi) is 3.62. The number of hydrogen-bond acceptors (Lipinski definition) is 3. The second kappa shape index (κ2) is 5.37. The second-order valence-electron chi connectivity index (χ2n) is 3.79. The Hall–Kier alpha value is -2.00. The molecule has 0 aliphatic heterocycles. The number of ether oxygens (including phenoxy) is 1. The van der Waals surface area contributed by atoms with Crippen LogP contribution in [-0.2, 0) is 13.2 Å². The van der Waals surface area contributed by atoms with Crippen LogP contribution in [0.2, 0.25) is 0 Å². The molecule has 0 heterocycles. The van der Waals surface area contributed by atoms with E-state index < -0.39 is 0 Å². The van der Waals surface area contributed by atoms with Crippen molar-refractivity contribution in [3.05, 3.63) is 59.7 Å². The van der Waals surface area contributed by atoms with Gasteiger partial charge < -0.3 is 15.6 Å². The van der Waals surface area contributed by atoms with E-state index in [0.29, 0.717) is 23.6 Å². The van der Waals surface area contributed by atoms with Crippen molar-refractivity contribution in [2.45, 2.75) is 13.2 Å². The van der Waals surface area contributed by atoms with Gasteiger partial charge in [-0.25, -0.2) is 0 Å². The Labute approximate surface area is 100 Å². The number of nitrogens with two attached hydrogens (primary N) is 1. The maximum atomic E-state index is 9.09. The van der Waals surface area contributed by atoms with Crippen LogP contribution < -0.4 is 10.5 Å². The molecule has 2 aromatic carbocycles. The summed E-state index contributed by atoms with van der Waals surface area (Å²) < 4.78 is 5.62. The van der Waals surface area contributed by atoms with Gasteiger partial charge in [0.25, 0.3) is 0 Å². The zero-order valence-corrected chi connectivity index (χ0v) is 9.47. The Bertz CT molecular complexity index is 483. The smallest absolute Gasteiger partial charge is 0.120 e. The summed E-state index contributed by atoms with van der Waals surface area (Å²) in [5.74, 6) is 0.715. The average Bonchev–Trinajstić information content (AvgIpc) is 2.39. The Morgan fingerprint density at radius 3 is 2.53 bits per heavy atom. The van der Waals surface area contributed by atoms with Crippen molar-refractivity contribution in [3.63, 3.8) is 0 Å². The lowest BCUT2D eigenvalue weighted by Gasteiger charge is -2.09. The van der Waals surface area contributed by atoms with Crippen LogP contribution in [0.25, 0.3) is 0 Å². The van der Waals surface area contributed by atoms with Crippen LogP contribution in [-0.4, -0.2) is 5.11 Å². The molecule has 0 aliphatic rings. The lowest BCUT2D eigenvalue weighted by molar-refractivity contribution is 0.278. The number of aliphatic hydroxyl groups is 1. The van der Waals surface area contributed by atoms with Crippen LogP contribution >= 0.6 is 0 Å². The fourth-order valence-corrected chi connectivity index (χ4v) is 1.55. The number of rotatable bonds is 4. The van der Waals surface area contributed by atoms with E-state index in [2.05, 4.69) is 0 Å². The lowest BCUT2D eigenvalue weighted by atomic mass is 10.2.